The maximum atomic E-state index is 9.75. The Hall–Kier alpha value is -1.99. The molecule has 1 N–H and O–H groups in total. The van der Waals surface area contributed by atoms with E-state index in [1.54, 1.807) is 12.1 Å². The van der Waals surface area contributed by atoms with Crippen molar-refractivity contribution < 1.29 is 9.84 Å². The number of tetrazole rings is 1. The molecule has 2 aromatic rings. The van der Waals surface area contributed by atoms with Crippen LogP contribution >= 0.6 is 0 Å². The van der Waals surface area contributed by atoms with Gasteiger partial charge < -0.3 is 9.84 Å². The Morgan fingerprint density at radius 3 is 2.88 bits per heavy atom. The molecule has 2 heterocycles. The van der Waals surface area contributed by atoms with Crippen molar-refractivity contribution in [1.82, 2.24) is 25.1 Å². The Morgan fingerprint density at radius 1 is 1.23 bits per heavy atom. The second-order valence-electron chi connectivity index (χ2n) is 7.40. The van der Waals surface area contributed by atoms with E-state index in [0.717, 1.165) is 24.5 Å². The van der Waals surface area contributed by atoms with Gasteiger partial charge in [-0.15, -0.1) is 5.10 Å². The molecule has 1 aromatic carbocycles. The van der Waals surface area contributed by atoms with E-state index in [0.29, 0.717) is 12.6 Å². The first kappa shape index (κ1) is 17.4. The third-order valence-electron chi connectivity index (χ3n) is 5.70. The van der Waals surface area contributed by atoms with Gasteiger partial charge in [-0.1, -0.05) is 31.4 Å². The second kappa shape index (κ2) is 7.72. The lowest BCUT2D eigenvalue weighted by Crippen LogP contribution is -2.41. The van der Waals surface area contributed by atoms with Gasteiger partial charge in [-0.3, -0.25) is 4.90 Å². The molecule has 0 bridgehead atoms. The minimum atomic E-state index is -0.0442. The maximum Gasteiger partial charge on any atom is 0.168 e. The summed E-state index contributed by atoms with van der Waals surface area (Å²) in [7, 11) is 0. The van der Waals surface area contributed by atoms with Crippen LogP contribution < -0.4 is 0 Å². The highest BCUT2D eigenvalue weighted by Crippen LogP contribution is 2.32. The number of ether oxygens (including phenoxy) is 1. The summed E-state index contributed by atoms with van der Waals surface area (Å²) in [6.07, 6.45) is 6.13. The van der Waals surface area contributed by atoms with Gasteiger partial charge in [-0.2, -0.15) is 0 Å². The number of rotatable bonds is 4. The van der Waals surface area contributed by atoms with Crippen LogP contribution in [-0.4, -0.2) is 49.9 Å². The lowest BCUT2D eigenvalue weighted by molar-refractivity contribution is -0.0450. The van der Waals surface area contributed by atoms with Crippen molar-refractivity contribution in [1.29, 1.82) is 0 Å². The molecule has 2 fully saturated rings. The lowest BCUT2D eigenvalue weighted by atomic mass is 9.95. The number of nitrogens with zero attached hydrogens (tertiary/aromatic N) is 5. The molecule has 1 aromatic heterocycles. The van der Waals surface area contributed by atoms with Gasteiger partial charge in [-0.05, 0) is 47.9 Å². The van der Waals surface area contributed by atoms with Gasteiger partial charge in [0.25, 0.3) is 0 Å². The van der Waals surface area contributed by atoms with Crippen molar-refractivity contribution in [2.45, 2.75) is 57.2 Å². The first-order valence-corrected chi connectivity index (χ1v) is 9.64. The zero-order valence-corrected chi connectivity index (χ0v) is 15.3. The van der Waals surface area contributed by atoms with Crippen LogP contribution in [0.15, 0.2) is 24.3 Å². The third kappa shape index (κ3) is 3.59. The molecule has 0 amide bonds. The average Bonchev–Trinajstić information content (AvgIpc) is 3.18. The van der Waals surface area contributed by atoms with E-state index in [1.165, 1.54) is 32.1 Å². The summed E-state index contributed by atoms with van der Waals surface area (Å²) in [4.78, 5) is 2.38. The first-order valence-electron chi connectivity index (χ1n) is 9.64. The molecule has 7 nitrogen and oxygen atoms in total. The number of aromatic hydroxyl groups is 1. The molecule has 1 aliphatic heterocycles. The molecule has 1 saturated heterocycles. The third-order valence-corrected chi connectivity index (χ3v) is 5.70. The summed E-state index contributed by atoms with van der Waals surface area (Å²) in [5.74, 6) is 1.23. The molecule has 26 heavy (non-hydrogen) atoms. The highest BCUT2D eigenvalue weighted by molar-refractivity contribution is 5.29. The van der Waals surface area contributed by atoms with Crippen molar-refractivity contribution in [2.75, 3.05) is 19.7 Å². The second-order valence-corrected chi connectivity index (χ2v) is 7.40. The number of hydrogen-bond donors (Lipinski definition) is 1. The number of benzene rings is 1. The predicted molar refractivity (Wildman–Crippen MR) is 96.7 cm³/mol. The Morgan fingerprint density at radius 2 is 2.08 bits per heavy atom. The molecule has 4 rings (SSSR count). The molecule has 7 heteroatoms. The van der Waals surface area contributed by atoms with E-state index >= 15 is 0 Å². The Balaban J connectivity index is 1.49. The number of phenols is 1. The maximum absolute atomic E-state index is 9.75. The Bertz CT molecular complexity index is 728. The van der Waals surface area contributed by atoms with Crippen molar-refractivity contribution in [3.63, 3.8) is 0 Å². The summed E-state index contributed by atoms with van der Waals surface area (Å²) in [6.45, 7) is 4.46. The fourth-order valence-electron chi connectivity index (χ4n) is 4.17. The van der Waals surface area contributed by atoms with Crippen LogP contribution in [0.2, 0.25) is 0 Å². The lowest BCUT2D eigenvalue weighted by Gasteiger charge is -2.37. The molecule has 0 spiro atoms. The van der Waals surface area contributed by atoms with Crippen LogP contribution in [0.25, 0.3) is 0 Å². The van der Waals surface area contributed by atoms with Crippen molar-refractivity contribution in [3.05, 3.63) is 35.7 Å². The molecular formula is C19H27N5O2. The standard InChI is InChI=1S/C19H27N5O2/c1-14(19-20-21-22-24(19)16-7-3-2-4-8-16)23-10-11-26-18(13-23)15-6-5-9-17(25)12-15/h5-6,9,12,14,16,18,25H,2-4,7-8,10-11,13H2,1H3. The van der Waals surface area contributed by atoms with E-state index in [1.807, 2.05) is 12.1 Å². The quantitative estimate of drug-likeness (QED) is 0.906. The molecule has 1 saturated carbocycles. The summed E-state index contributed by atoms with van der Waals surface area (Å²) in [5.41, 5.74) is 1.01. The zero-order valence-electron chi connectivity index (χ0n) is 15.3. The van der Waals surface area contributed by atoms with Crippen molar-refractivity contribution in [2.24, 2.45) is 0 Å². The van der Waals surface area contributed by atoms with Gasteiger partial charge in [0, 0.05) is 13.1 Å². The van der Waals surface area contributed by atoms with Gasteiger partial charge in [-0.25, -0.2) is 4.68 Å². The SMILES string of the molecule is CC(c1nnnn1C1CCCCC1)N1CCOC(c2cccc(O)c2)C1. The minimum absolute atomic E-state index is 0.0442. The van der Waals surface area contributed by atoms with Gasteiger partial charge in [0.15, 0.2) is 5.82 Å². The van der Waals surface area contributed by atoms with Crippen LogP contribution in [0.1, 0.15) is 68.6 Å². The monoisotopic (exact) mass is 357 g/mol. The van der Waals surface area contributed by atoms with Gasteiger partial charge >= 0.3 is 0 Å². The topological polar surface area (TPSA) is 76.3 Å². The number of hydrogen-bond acceptors (Lipinski definition) is 6. The van der Waals surface area contributed by atoms with Crippen molar-refractivity contribution in [3.8, 4) is 5.75 Å². The highest BCUT2D eigenvalue weighted by Gasteiger charge is 2.30. The molecule has 2 aliphatic rings. The smallest absolute Gasteiger partial charge is 0.168 e. The summed E-state index contributed by atoms with van der Waals surface area (Å²) >= 11 is 0. The van der Waals surface area contributed by atoms with E-state index in [9.17, 15) is 5.11 Å². The Kier molecular flexibility index (Phi) is 5.17. The van der Waals surface area contributed by atoms with E-state index in [4.69, 9.17) is 4.74 Å². The van der Waals surface area contributed by atoms with Gasteiger partial charge in [0.1, 0.15) is 5.75 Å². The summed E-state index contributed by atoms with van der Waals surface area (Å²) in [5, 5.41) is 22.4. The average molecular weight is 357 g/mol. The molecule has 1 aliphatic carbocycles. The molecule has 2 atom stereocenters. The normalized spacial score (nSPS) is 23.8. The van der Waals surface area contributed by atoms with E-state index in [2.05, 4.69) is 32.0 Å². The fourth-order valence-corrected chi connectivity index (χ4v) is 4.17. The van der Waals surface area contributed by atoms with Crippen LogP contribution in [0, 0.1) is 0 Å². The molecule has 0 radical (unpaired) electrons. The van der Waals surface area contributed by atoms with Gasteiger partial charge in [0.05, 0.1) is 24.8 Å². The summed E-state index contributed by atoms with van der Waals surface area (Å²) in [6, 6.07) is 7.90. The summed E-state index contributed by atoms with van der Waals surface area (Å²) < 4.78 is 8.01. The minimum Gasteiger partial charge on any atom is -0.508 e. The number of aromatic nitrogens is 4. The Labute approximate surface area is 154 Å². The molecule has 140 valence electrons. The van der Waals surface area contributed by atoms with Crippen LogP contribution in [0.3, 0.4) is 0 Å². The van der Waals surface area contributed by atoms with Crippen LogP contribution in [0.5, 0.6) is 5.75 Å². The van der Waals surface area contributed by atoms with E-state index in [-0.39, 0.29) is 17.9 Å². The molecular weight excluding hydrogens is 330 g/mol. The largest absolute Gasteiger partial charge is 0.508 e. The van der Waals surface area contributed by atoms with Crippen molar-refractivity contribution >= 4 is 0 Å². The first-order chi connectivity index (χ1) is 12.7. The zero-order chi connectivity index (χ0) is 17.9. The van der Waals surface area contributed by atoms with E-state index < -0.39 is 0 Å². The fraction of sp³-hybridized carbons (Fsp3) is 0.632. The van der Waals surface area contributed by atoms with Crippen LogP contribution in [-0.2, 0) is 4.74 Å². The van der Waals surface area contributed by atoms with Crippen LogP contribution in [0.4, 0.5) is 0 Å². The number of phenolic OH excluding ortho intramolecular Hbond substituents is 1. The predicted octanol–water partition coefficient (Wildman–Crippen LogP) is 3.02. The molecule has 2 unspecified atom stereocenters. The number of morpholine rings is 1. The van der Waals surface area contributed by atoms with Gasteiger partial charge in [0.2, 0.25) is 0 Å². The highest BCUT2D eigenvalue weighted by atomic mass is 16.5.